The van der Waals surface area contributed by atoms with Crippen LogP contribution in [0.4, 0.5) is 0 Å². The van der Waals surface area contributed by atoms with Gasteiger partial charge in [0.15, 0.2) is 5.69 Å². The Morgan fingerprint density at radius 1 is 1.44 bits per heavy atom. The van der Waals surface area contributed by atoms with Gasteiger partial charge in [0, 0.05) is 6.54 Å². The summed E-state index contributed by atoms with van der Waals surface area (Å²) in [7, 11) is 0. The molecule has 94 valence electrons. The second kappa shape index (κ2) is 5.42. The quantitative estimate of drug-likeness (QED) is 0.817. The van der Waals surface area contributed by atoms with Gasteiger partial charge in [-0.1, -0.05) is 18.2 Å². The molecule has 2 aromatic rings. The Morgan fingerprint density at radius 3 is 2.83 bits per heavy atom. The van der Waals surface area contributed by atoms with Gasteiger partial charge in [-0.15, -0.1) is 5.10 Å². The van der Waals surface area contributed by atoms with E-state index in [2.05, 4.69) is 15.5 Å². The van der Waals surface area contributed by atoms with Crippen molar-refractivity contribution in [2.45, 2.75) is 13.0 Å². The Hall–Kier alpha value is -2.21. The number of amides is 1. The van der Waals surface area contributed by atoms with E-state index < -0.39 is 6.10 Å². The van der Waals surface area contributed by atoms with Gasteiger partial charge in [-0.2, -0.15) is 9.90 Å². The minimum atomic E-state index is -0.585. The molecule has 1 amide bonds. The number of hydrogen-bond donors (Lipinski definition) is 2. The zero-order chi connectivity index (χ0) is 13.0. The lowest BCUT2D eigenvalue weighted by atomic mass is 10.3. The number of carbonyl (C=O) groups is 1. The molecule has 0 aliphatic carbocycles. The second-order valence-electron chi connectivity index (χ2n) is 3.91. The summed E-state index contributed by atoms with van der Waals surface area (Å²) in [6.45, 7) is 1.79. The first kappa shape index (κ1) is 12.3. The highest BCUT2D eigenvalue weighted by atomic mass is 16.3. The lowest BCUT2D eigenvalue weighted by molar-refractivity contribution is 0.0918. The van der Waals surface area contributed by atoms with E-state index in [-0.39, 0.29) is 18.1 Å². The van der Waals surface area contributed by atoms with Gasteiger partial charge in [0.05, 0.1) is 18.0 Å². The van der Waals surface area contributed by atoms with Crippen LogP contribution in [0, 0.1) is 0 Å². The fraction of sp³-hybridized carbons (Fsp3) is 0.250. The van der Waals surface area contributed by atoms with Crippen molar-refractivity contribution >= 4 is 5.91 Å². The van der Waals surface area contributed by atoms with Crippen LogP contribution in [0.3, 0.4) is 0 Å². The lowest BCUT2D eigenvalue weighted by Gasteiger charge is -2.04. The number of para-hydroxylation sites is 1. The van der Waals surface area contributed by atoms with Crippen molar-refractivity contribution in [1.29, 1.82) is 0 Å². The Labute approximate surface area is 104 Å². The number of hydrogen-bond acceptors (Lipinski definition) is 4. The summed E-state index contributed by atoms with van der Waals surface area (Å²) in [5.74, 6) is -0.349. The molecule has 2 N–H and O–H groups in total. The molecule has 1 heterocycles. The summed E-state index contributed by atoms with van der Waals surface area (Å²) in [4.78, 5) is 13.0. The number of nitrogens with zero attached hydrogens (tertiary/aromatic N) is 3. The minimum absolute atomic E-state index is 0.191. The van der Waals surface area contributed by atoms with E-state index >= 15 is 0 Å². The number of carbonyl (C=O) groups excluding carboxylic acids is 1. The van der Waals surface area contributed by atoms with Crippen LogP contribution in [-0.4, -0.2) is 38.7 Å². The van der Waals surface area contributed by atoms with Gasteiger partial charge in [0.2, 0.25) is 0 Å². The minimum Gasteiger partial charge on any atom is -0.392 e. The van der Waals surface area contributed by atoms with Crippen molar-refractivity contribution in [3.63, 3.8) is 0 Å². The third-order valence-electron chi connectivity index (χ3n) is 2.27. The van der Waals surface area contributed by atoms with E-state index in [1.807, 2.05) is 30.3 Å². The van der Waals surface area contributed by atoms with Crippen LogP contribution < -0.4 is 5.32 Å². The van der Waals surface area contributed by atoms with Gasteiger partial charge in [-0.05, 0) is 19.1 Å². The molecule has 1 aromatic carbocycles. The van der Waals surface area contributed by atoms with Crippen LogP contribution in [0.15, 0.2) is 36.5 Å². The summed E-state index contributed by atoms with van der Waals surface area (Å²) in [5, 5.41) is 19.7. The molecule has 0 radical (unpaired) electrons. The molecule has 0 unspecified atom stereocenters. The molecule has 1 aromatic heterocycles. The average Bonchev–Trinajstić information content (AvgIpc) is 2.86. The van der Waals surface area contributed by atoms with Crippen LogP contribution in [0.25, 0.3) is 5.69 Å². The summed E-state index contributed by atoms with van der Waals surface area (Å²) < 4.78 is 0. The van der Waals surface area contributed by atoms with E-state index in [9.17, 15) is 4.79 Å². The summed E-state index contributed by atoms with van der Waals surface area (Å²) in [5.41, 5.74) is 1.01. The SMILES string of the molecule is C[C@H](O)CNC(=O)c1cnn(-c2ccccc2)n1. The smallest absolute Gasteiger partial charge is 0.273 e. The van der Waals surface area contributed by atoms with Crippen LogP contribution in [-0.2, 0) is 0 Å². The Bertz CT molecular complexity index is 522. The number of aromatic nitrogens is 3. The lowest BCUT2D eigenvalue weighted by Crippen LogP contribution is -2.30. The van der Waals surface area contributed by atoms with Gasteiger partial charge < -0.3 is 10.4 Å². The Balaban J connectivity index is 2.09. The number of nitrogens with one attached hydrogen (secondary N) is 1. The fourth-order valence-electron chi connectivity index (χ4n) is 1.38. The van der Waals surface area contributed by atoms with Gasteiger partial charge >= 0.3 is 0 Å². The number of aliphatic hydroxyl groups excluding tert-OH is 1. The first-order chi connectivity index (χ1) is 8.66. The van der Waals surface area contributed by atoms with Crippen molar-refractivity contribution in [1.82, 2.24) is 20.3 Å². The zero-order valence-electron chi connectivity index (χ0n) is 9.95. The molecule has 6 heteroatoms. The van der Waals surface area contributed by atoms with Crippen molar-refractivity contribution in [2.75, 3.05) is 6.54 Å². The first-order valence-corrected chi connectivity index (χ1v) is 5.61. The maximum Gasteiger partial charge on any atom is 0.273 e. The van der Waals surface area contributed by atoms with E-state index in [0.717, 1.165) is 5.69 Å². The third-order valence-corrected chi connectivity index (χ3v) is 2.27. The maximum absolute atomic E-state index is 11.7. The maximum atomic E-state index is 11.7. The van der Waals surface area contributed by atoms with Crippen LogP contribution in [0.5, 0.6) is 0 Å². The zero-order valence-corrected chi connectivity index (χ0v) is 9.95. The highest BCUT2D eigenvalue weighted by Gasteiger charge is 2.11. The van der Waals surface area contributed by atoms with Crippen molar-refractivity contribution in [3.05, 3.63) is 42.2 Å². The summed E-state index contributed by atoms with van der Waals surface area (Å²) >= 11 is 0. The standard InChI is InChI=1S/C12H14N4O2/c1-9(17)7-13-12(18)11-8-14-16(15-11)10-5-3-2-4-6-10/h2-6,8-9,17H,7H2,1H3,(H,13,18)/t9-/m0/s1. The normalized spacial score (nSPS) is 12.1. The molecule has 0 aliphatic rings. The van der Waals surface area contributed by atoms with E-state index in [0.29, 0.717) is 0 Å². The monoisotopic (exact) mass is 246 g/mol. The predicted octanol–water partition coefficient (Wildman–Crippen LogP) is 0.378. The van der Waals surface area contributed by atoms with Crippen LogP contribution in [0.1, 0.15) is 17.4 Å². The Kier molecular flexibility index (Phi) is 3.69. The highest BCUT2D eigenvalue weighted by molar-refractivity contribution is 5.91. The van der Waals surface area contributed by atoms with Crippen molar-refractivity contribution in [3.8, 4) is 5.69 Å². The average molecular weight is 246 g/mol. The molecule has 0 aliphatic heterocycles. The number of aliphatic hydroxyl groups is 1. The number of benzene rings is 1. The molecule has 1 atom stereocenters. The van der Waals surface area contributed by atoms with E-state index in [4.69, 9.17) is 5.11 Å². The molecular weight excluding hydrogens is 232 g/mol. The van der Waals surface area contributed by atoms with E-state index in [1.165, 1.54) is 11.0 Å². The van der Waals surface area contributed by atoms with Gasteiger partial charge in [0.25, 0.3) is 5.91 Å². The molecular formula is C12H14N4O2. The van der Waals surface area contributed by atoms with Crippen molar-refractivity contribution < 1.29 is 9.90 Å². The molecule has 2 rings (SSSR count). The third kappa shape index (κ3) is 2.92. The molecule has 0 fully saturated rings. The topological polar surface area (TPSA) is 80.0 Å². The van der Waals surface area contributed by atoms with E-state index in [1.54, 1.807) is 6.92 Å². The van der Waals surface area contributed by atoms with Gasteiger partial charge in [-0.3, -0.25) is 4.79 Å². The summed E-state index contributed by atoms with van der Waals surface area (Å²) in [6, 6.07) is 9.32. The van der Waals surface area contributed by atoms with Crippen LogP contribution in [0.2, 0.25) is 0 Å². The van der Waals surface area contributed by atoms with Gasteiger partial charge in [0.1, 0.15) is 0 Å². The molecule has 0 bridgehead atoms. The van der Waals surface area contributed by atoms with Crippen LogP contribution >= 0.6 is 0 Å². The predicted molar refractivity (Wildman–Crippen MR) is 65.4 cm³/mol. The highest BCUT2D eigenvalue weighted by Crippen LogP contribution is 2.04. The molecule has 0 saturated heterocycles. The molecule has 6 nitrogen and oxygen atoms in total. The van der Waals surface area contributed by atoms with Crippen molar-refractivity contribution in [2.24, 2.45) is 0 Å². The molecule has 0 saturated carbocycles. The first-order valence-electron chi connectivity index (χ1n) is 5.61. The second-order valence-corrected chi connectivity index (χ2v) is 3.91. The molecule has 0 spiro atoms. The van der Waals surface area contributed by atoms with Gasteiger partial charge in [-0.25, -0.2) is 0 Å². The molecule has 18 heavy (non-hydrogen) atoms. The largest absolute Gasteiger partial charge is 0.392 e. The fourth-order valence-corrected chi connectivity index (χ4v) is 1.38. The summed E-state index contributed by atoms with van der Waals surface area (Å²) in [6.07, 6.45) is 0.808. The number of rotatable bonds is 4. The Morgan fingerprint density at radius 2 is 2.17 bits per heavy atom.